The molecule has 2 N–H and O–H groups in total. The highest BCUT2D eigenvalue weighted by atomic mass is 35.5. The number of hydrogen-bond acceptors (Lipinski definition) is 10. The van der Waals surface area contributed by atoms with Crippen LogP contribution in [0.25, 0.3) is 11.2 Å². The van der Waals surface area contributed by atoms with Gasteiger partial charge < -0.3 is 29.7 Å². The van der Waals surface area contributed by atoms with E-state index in [1.165, 1.54) is 12.5 Å². The van der Waals surface area contributed by atoms with Crippen molar-refractivity contribution in [1.29, 1.82) is 0 Å². The Bertz CT molecular complexity index is 2040. The molecule has 258 valence electrons. The van der Waals surface area contributed by atoms with Gasteiger partial charge in [-0.25, -0.2) is 19.9 Å². The molecule has 0 unspecified atom stereocenters. The number of aromatic nitrogens is 5. The van der Waals surface area contributed by atoms with E-state index in [1.54, 1.807) is 35.4 Å². The first-order valence-corrected chi connectivity index (χ1v) is 15.9. The number of benzene rings is 1. The lowest BCUT2D eigenvalue weighted by Crippen LogP contribution is -2.67. The van der Waals surface area contributed by atoms with E-state index in [4.69, 9.17) is 11.6 Å². The average Bonchev–Trinajstić information content (AvgIpc) is 3.03. The third kappa shape index (κ3) is 6.09. The van der Waals surface area contributed by atoms with Crippen LogP contribution >= 0.6 is 11.6 Å². The fourth-order valence-electron chi connectivity index (χ4n) is 6.42. The molecule has 2 atom stereocenters. The van der Waals surface area contributed by atoms with Crippen molar-refractivity contribution in [1.82, 2.24) is 29.4 Å². The Labute approximate surface area is 283 Å². The highest BCUT2D eigenvalue weighted by molar-refractivity contribution is 6.33. The quantitative estimate of drug-likeness (QED) is 0.290. The Kier molecular flexibility index (Phi) is 8.85. The normalized spacial score (nSPS) is 17.5. The Morgan fingerprint density at radius 2 is 1.86 bits per heavy atom. The first kappa shape index (κ1) is 33.9. The largest absolute Gasteiger partial charge is 0.504 e. The number of halogens is 4. The summed E-state index contributed by atoms with van der Waals surface area (Å²) in [4.78, 5) is 63.8. The molecule has 1 aromatic carbocycles. The molecule has 2 fully saturated rings. The van der Waals surface area contributed by atoms with Gasteiger partial charge in [0.05, 0.1) is 34.2 Å². The van der Waals surface area contributed by atoms with E-state index in [-0.39, 0.29) is 76.2 Å². The highest BCUT2D eigenvalue weighted by Crippen LogP contribution is 2.39. The maximum atomic E-state index is 14.3. The van der Waals surface area contributed by atoms with E-state index >= 15 is 0 Å². The van der Waals surface area contributed by atoms with Crippen LogP contribution in [-0.2, 0) is 23.9 Å². The van der Waals surface area contributed by atoms with Crippen LogP contribution in [0.5, 0.6) is 5.75 Å². The Hall–Kier alpha value is -4.99. The van der Waals surface area contributed by atoms with Crippen LogP contribution in [0.15, 0.2) is 35.5 Å². The lowest BCUT2D eigenvalue weighted by molar-refractivity contribution is -0.137. The van der Waals surface area contributed by atoms with E-state index < -0.39 is 23.6 Å². The molecular weight excluding hydrogens is 667 g/mol. The van der Waals surface area contributed by atoms with E-state index in [0.717, 1.165) is 18.2 Å². The van der Waals surface area contributed by atoms with Crippen LogP contribution in [0.3, 0.4) is 0 Å². The number of fused-ring (bicyclic) bond motifs is 2. The van der Waals surface area contributed by atoms with Gasteiger partial charge in [-0.15, -0.1) is 0 Å². The number of pyridine rings is 1. The summed E-state index contributed by atoms with van der Waals surface area (Å²) >= 11 is 6.11. The number of carbonyl (C=O) groups excluding carboxylic acids is 2. The second-order valence-electron chi connectivity index (χ2n) is 12.2. The molecule has 0 bridgehead atoms. The van der Waals surface area contributed by atoms with Crippen molar-refractivity contribution in [3.05, 3.63) is 68.6 Å². The highest BCUT2D eigenvalue weighted by Gasteiger charge is 2.47. The number of hydrogen-bond donors (Lipinski definition) is 2. The Morgan fingerprint density at radius 3 is 2.49 bits per heavy atom. The van der Waals surface area contributed by atoms with Gasteiger partial charge in [0.1, 0.15) is 24.4 Å². The summed E-state index contributed by atoms with van der Waals surface area (Å²) in [5, 5.41) is 12.8. The molecule has 0 radical (unpaired) electrons. The van der Waals surface area contributed by atoms with Crippen LogP contribution in [0.2, 0.25) is 5.02 Å². The van der Waals surface area contributed by atoms with Gasteiger partial charge in [-0.1, -0.05) is 18.5 Å². The number of nitrogens with one attached hydrogen (secondary N) is 1. The van der Waals surface area contributed by atoms with E-state index in [0.29, 0.717) is 36.5 Å². The van der Waals surface area contributed by atoms with Gasteiger partial charge >= 0.3 is 6.18 Å². The average molecular weight is 700 g/mol. The second kappa shape index (κ2) is 12.8. The number of aromatic hydroxyl groups is 1. The standard InChI is InChI=1S/C32H33ClF3N9O4/c1-5-20-27(43-10-11-44(22-9-8-21(22)43)31(49)26-28(47)16(2)38-15-39-26)29(48)25-30(37-13-23(41-25)42(3)4)45(20)14-24(46)40-19-7-6-17(12-18(19)33)32(34,35)36/h6-7,12-13,15,21-22,47H,5,8-11,14H2,1-4H3,(H,40,46)/t21-,22-/m0/s1. The molecular formula is C32H33ClF3N9O4. The van der Waals surface area contributed by atoms with Gasteiger partial charge in [0.25, 0.3) is 5.91 Å². The topological polar surface area (TPSA) is 150 Å². The summed E-state index contributed by atoms with van der Waals surface area (Å²) in [5.74, 6) is -0.890. The van der Waals surface area contributed by atoms with Gasteiger partial charge in [-0.05, 0) is 44.4 Å². The van der Waals surface area contributed by atoms with Crippen molar-refractivity contribution in [3.63, 3.8) is 0 Å². The minimum absolute atomic E-state index is 0.00714. The maximum absolute atomic E-state index is 14.3. The van der Waals surface area contributed by atoms with Gasteiger partial charge in [0.15, 0.2) is 22.6 Å². The number of carbonyl (C=O) groups is 2. The molecule has 4 heterocycles. The van der Waals surface area contributed by atoms with Crippen molar-refractivity contribution in [3.8, 4) is 5.75 Å². The Balaban J connectivity index is 1.38. The molecule has 13 nitrogen and oxygen atoms in total. The second-order valence-corrected chi connectivity index (χ2v) is 12.6. The molecule has 17 heteroatoms. The fourth-order valence-corrected chi connectivity index (χ4v) is 6.64. The van der Waals surface area contributed by atoms with Crippen LogP contribution in [0.4, 0.5) is 30.4 Å². The van der Waals surface area contributed by atoms with Crippen LogP contribution in [0, 0.1) is 6.92 Å². The molecule has 3 aromatic heterocycles. The summed E-state index contributed by atoms with van der Waals surface area (Å²) in [5.41, 5.74) is -0.0865. The summed E-state index contributed by atoms with van der Waals surface area (Å²) < 4.78 is 41.1. The van der Waals surface area contributed by atoms with Crippen LogP contribution in [0.1, 0.15) is 47.2 Å². The molecule has 1 saturated heterocycles. The molecule has 2 aliphatic rings. The first-order chi connectivity index (χ1) is 23.2. The van der Waals surface area contributed by atoms with E-state index in [1.807, 2.05) is 11.8 Å². The zero-order chi connectivity index (χ0) is 35.4. The summed E-state index contributed by atoms with van der Waals surface area (Å²) in [6.45, 7) is 3.58. The zero-order valence-corrected chi connectivity index (χ0v) is 27.8. The zero-order valence-electron chi connectivity index (χ0n) is 27.0. The van der Waals surface area contributed by atoms with Crippen molar-refractivity contribution < 1.29 is 27.9 Å². The third-order valence-corrected chi connectivity index (χ3v) is 9.34. The van der Waals surface area contributed by atoms with Gasteiger partial charge in [-0.3, -0.25) is 14.4 Å². The number of nitrogens with zero attached hydrogens (tertiary/aromatic N) is 8. The molecule has 2 amide bonds. The van der Waals surface area contributed by atoms with E-state index in [2.05, 4.69) is 25.3 Å². The number of rotatable bonds is 7. The Morgan fingerprint density at radius 1 is 1.12 bits per heavy atom. The molecule has 1 aliphatic heterocycles. The lowest BCUT2D eigenvalue weighted by atomic mass is 9.81. The number of amides is 2. The van der Waals surface area contributed by atoms with Crippen LogP contribution < -0.4 is 20.5 Å². The third-order valence-electron chi connectivity index (χ3n) is 9.03. The van der Waals surface area contributed by atoms with E-state index in [9.17, 15) is 32.7 Å². The predicted molar refractivity (Wildman–Crippen MR) is 176 cm³/mol. The number of aryl methyl sites for hydroxylation is 1. The van der Waals surface area contributed by atoms with Gasteiger partial charge in [-0.2, -0.15) is 13.2 Å². The minimum atomic E-state index is -4.60. The smallest absolute Gasteiger partial charge is 0.416 e. The molecule has 49 heavy (non-hydrogen) atoms. The molecule has 1 aliphatic carbocycles. The van der Waals surface area contributed by atoms with Gasteiger partial charge in [0.2, 0.25) is 11.3 Å². The number of alkyl halides is 3. The summed E-state index contributed by atoms with van der Waals surface area (Å²) in [6.07, 6.45) is -0.226. The fraction of sp³-hybridized carbons (Fsp3) is 0.406. The number of anilines is 3. The lowest BCUT2D eigenvalue weighted by Gasteiger charge is -2.54. The number of piperazine rings is 1. The monoisotopic (exact) mass is 699 g/mol. The SMILES string of the molecule is CCc1c(N2CCN(C(=O)c3ncnc(C)c3O)[C@H]3CC[C@@H]32)c(=O)c2nc(N(C)C)cnc2n1CC(=O)Nc1ccc(C(F)(F)F)cc1Cl. The van der Waals surface area contributed by atoms with Gasteiger partial charge in [0, 0.05) is 38.9 Å². The first-order valence-electron chi connectivity index (χ1n) is 15.6. The van der Waals surface area contributed by atoms with Crippen LogP contribution in [-0.4, -0.2) is 85.6 Å². The summed E-state index contributed by atoms with van der Waals surface area (Å²) in [7, 11) is 3.51. The molecule has 0 spiro atoms. The van der Waals surface area contributed by atoms with Crippen molar-refractivity contribution in [2.45, 2.75) is 57.9 Å². The molecule has 4 aromatic rings. The minimum Gasteiger partial charge on any atom is -0.504 e. The molecule has 1 saturated carbocycles. The predicted octanol–water partition coefficient (Wildman–Crippen LogP) is 4.03. The van der Waals surface area contributed by atoms with Crippen molar-refractivity contribution in [2.75, 3.05) is 42.3 Å². The maximum Gasteiger partial charge on any atom is 0.416 e. The summed E-state index contributed by atoms with van der Waals surface area (Å²) in [6, 6.07) is 2.14. The van der Waals surface area contributed by atoms with Crippen molar-refractivity contribution in [2.24, 2.45) is 0 Å². The molecule has 6 rings (SSSR count). The van der Waals surface area contributed by atoms with Crippen molar-refractivity contribution >= 4 is 51.8 Å².